The van der Waals surface area contributed by atoms with Crippen molar-refractivity contribution in [1.29, 1.82) is 0 Å². The third kappa shape index (κ3) is 3.55. The van der Waals surface area contributed by atoms with Gasteiger partial charge in [0, 0.05) is 36.7 Å². The van der Waals surface area contributed by atoms with E-state index in [2.05, 4.69) is 39.8 Å². The Bertz CT molecular complexity index is 775. The molecular weight excluding hydrogens is 302 g/mol. The third-order valence-corrected chi connectivity index (χ3v) is 4.18. The van der Waals surface area contributed by atoms with Crippen LogP contribution in [0.1, 0.15) is 22.5 Å². The van der Waals surface area contributed by atoms with Gasteiger partial charge in [-0.1, -0.05) is 12.1 Å². The zero-order valence-corrected chi connectivity index (χ0v) is 14.1. The lowest BCUT2D eigenvalue weighted by Crippen LogP contribution is -2.14. The first kappa shape index (κ1) is 16.4. The van der Waals surface area contributed by atoms with Crippen LogP contribution in [-0.2, 0) is 19.6 Å². The van der Waals surface area contributed by atoms with E-state index in [4.69, 9.17) is 5.11 Å². The molecule has 0 atom stereocenters. The first-order chi connectivity index (χ1) is 11.7. The number of aromatic nitrogens is 4. The van der Waals surface area contributed by atoms with Gasteiger partial charge in [0.15, 0.2) is 0 Å². The molecule has 0 amide bonds. The number of hydrogen-bond acceptors (Lipinski definition) is 4. The Labute approximate surface area is 141 Å². The van der Waals surface area contributed by atoms with Gasteiger partial charge in [-0.15, -0.1) is 0 Å². The number of benzene rings is 1. The summed E-state index contributed by atoms with van der Waals surface area (Å²) in [4.78, 5) is 0. The van der Waals surface area contributed by atoms with Crippen LogP contribution in [0.5, 0.6) is 0 Å². The molecule has 2 N–H and O–H groups in total. The number of nitrogens with one attached hydrogen (secondary N) is 1. The second-order valence-electron chi connectivity index (χ2n) is 5.82. The quantitative estimate of drug-likeness (QED) is 0.697. The molecular formula is C18H23N5O. The highest BCUT2D eigenvalue weighted by atomic mass is 16.3. The molecule has 126 valence electrons. The van der Waals surface area contributed by atoms with Crippen molar-refractivity contribution in [2.75, 3.05) is 6.61 Å². The van der Waals surface area contributed by atoms with E-state index in [1.165, 1.54) is 11.1 Å². The first-order valence-corrected chi connectivity index (χ1v) is 8.12. The maximum absolute atomic E-state index is 9.08. The monoisotopic (exact) mass is 325 g/mol. The number of aliphatic hydroxyl groups excluding tert-OH is 1. The lowest BCUT2D eigenvalue weighted by Gasteiger charge is -2.08. The van der Waals surface area contributed by atoms with Crippen molar-refractivity contribution in [2.24, 2.45) is 0 Å². The van der Waals surface area contributed by atoms with Gasteiger partial charge >= 0.3 is 0 Å². The largest absolute Gasteiger partial charge is 0.394 e. The molecule has 0 unspecified atom stereocenters. The molecule has 0 spiro atoms. The fourth-order valence-electron chi connectivity index (χ4n) is 2.82. The predicted octanol–water partition coefficient (Wildman–Crippen LogP) is 1.97. The summed E-state index contributed by atoms with van der Waals surface area (Å²) >= 11 is 0. The van der Waals surface area contributed by atoms with E-state index in [0.29, 0.717) is 6.54 Å². The summed E-state index contributed by atoms with van der Waals surface area (Å²) in [5.74, 6) is 0. The maximum atomic E-state index is 9.08. The number of rotatable bonds is 7. The molecule has 6 nitrogen and oxygen atoms in total. The van der Waals surface area contributed by atoms with E-state index in [1.807, 2.05) is 35.5 Å². The highest BCUT2D eigenvalue weighted by Crippen LogP contribution is 2.13. The third-order valence-electron chi connectivity index (χ3n) is 4.18. The average Bonchev–Trinajstić information content (AvgIpc) is 3.20. The SMILES string of the molecule is Cc1nn(CCO)c(C)c1CNCc1ccc(-n2cccn2)cc1. The smallest absolute Gasteiger partial charge is 0.0645 e. The molecule has 24 heavy (non-hydrogen) atoms. The number of hydrogen-bond donors (Lipinski definition) is 2. The van der Waals surface area contributed by atoms with Gasteiger partial charge in [0.2, 0.25) is 0 Å². The maximum Gasteiger partial charge on any atom is 0.0645 e. The Kier molecular flexibility index (Phi) is 5.08. The summed E-state index contributed by atoms with van der Waals surface area (Å²) < 4.78 is 3.71. The van der Waals surface area contributed by atoms with Gasteiger partial charge in [-0.05, 0) is 37.6 Å². The normalized spacial score (nSPS) is 11.1. The predicted molar refractivity (Wildman–Crippen MR) is 92.9 cm³/mol. The lowest BCUT2D eigenvalue weighted by molar-refractivity contribution is 0.267. The average molecular weight is 325 g/mol. The number of aliphatic hydroxyl groups is 1. The van der Waals surface area contributed by atoms with Crippen LogP contribution in [0.25, 0.3) is 5.69 Å². The highest BCUT2D eigenvalue weighted by Gasteiger charge is 2.10. The molecule has 2 aromatic heterocycles. The molecule has 0 saturated carbocycles. The van der Waals surface area contributed by atoms with Crippen LogP contribution < -0.4 is 5.32 Å². The number of aryl methyl sites for hydroxylation is 1. The summed E-state index contributed by atoms with van der Waals surface area (Å²) in [6.07, 6.45) is 3.71. The molecule has 0 aliphatic carbocycles. The minimum atomic E-state index is 0.109. The van der Waals surface area contributed by atoms with Gasteiger partial charge in [-0.3, -0.25) is 4.68 Å². The molecule has 0 radical (unpaired) electrons. The summed E-state index contributed by atoms with van der Waals surface area (Å²) in [6, 6.07) is 10.3. The van der Waals surface area contributed by atoms with Crippen molar-refractivity contribution in [2.45, 2.75) is 33.5 Å². The van der Waals surface area contributed by atoms with Crippen LogP contribution in [0.3, 0.4) is 0 Å². The van der Waals surface area contributed by atoms with E-state index >= 15 is 0 Å². The molecule has 0 aliphatic rings. The summed E-state index contributed by atoms with van der Waals surface area (Å²) in [6.45, 7) is 6.27. The standard InChI is InChI=1S/C18H23N5O/c1-14-18(15(2)22(21-14)10-11-24)13-19-12-16-4-6-17(7-5-16)23-9-3-8-20-23/h3-9,19,24H,10-13H2,1-2H3. The van der Waals surface area contributed by atoms with Crippen LogP contribution in [0.15, 0.2) is 42.7 Å². The molecule has 1 aromatic carbocycles. The molecule has 0 bridgehead atoms. The summed E-state index contributed by atoms with van der Waals surface area (Å²) in [5.41, 5.74) is 5.62. The lowest BCUT2D eigenvalue weighted by atomic mass is 10.1. The van der Waals surface area contributed by atoms with Crippen molar-refractivity contribution < 1.29 is 5.11 Å². The zero-order chi connectivity index (χ0) is 16.9. The van der Waals surface area contributed by atoms with Gasteiger partial charge in [0.05, 0.1) is 24.5 Å². The Balaban J connectivity index is 1.59. The Morgan fingerprint density at radius 3 is 2.58 bits per heavy atom. The fourth-order valence-corrected chi connectivity index (χ4v) is 2.82. The van der Waals surface area contributed by atoms with E-state index < -0.39 is 0 Å². The molecule has 3 aromatic rings. The summed E-state index contributed by atoms with van der Waals surface area (Å²) in [5, 5.41) is 21.2. The molecule has 6 heteroatoms. The highest BCUT2D eigenvalue weighted by molar-refractivity contribution is 5.33. The summed E-state index contributed by atoms with van der Waals surface area (Å²) in [7, 11) is 0. The minimum Gasteiger partial charge on any atom is -0.394 e. The minimum absolute atomic E-state index is 0.109. The Morgan fingerprint density at radius 2 is 1.92 bits per heavy atom. The molecule has 0 aliphatic heterocycles. The van der Waals surface area contributed by atoms with E-state index in [9.17, 15) is 0 Å². The Morgan fingerprint density at radius 1 is 1.12 bits per heavy atom. The van der Waals surface area contributed by atoms with Crippen LogP contribution in [0.4, 0.5) is 0 Å². The van der Waals surface area contributed by atoms with Crippen LogP contribution in [-0.4, -0.2) is 31.3 Å². The molecule has 3 rings (SSSR count). The van der Waals surface area contributed by atoms with Crippen LogP contribution in [0, 0.1) is 13.8 Å². The van der Waals surface area contributed by atoms with E-state index in [-0.39, 0.29) is 6.61 Å². The van der Waals surface area contributed by atoms with Crippen molar-refractivity contribution >= 4 is 0 Å². The van der Waals surface area contributed by atoms with E-state index in [0.717, 1.165) is 30.2 Å². The van der Waals surface area contributed by atoms with Crippen LogP contribution >= 0.6 is 0 Å². The molecule has 0 fully saturated rings. The fraction of sp³-hybridized carbons (Fsp3) is 0.333. The van der Waals surface area contributed by atoms with Gasteiger partial charge in [0.1, 0.15) is 0 Å². The first-order valence-electron chi connectivity index (χ1n) is 8.12. The zero-order valence-electron chi connectivity index (χ0n) is 14.1. The van der Waals surface area contributed by atoms with Crippen molar-refractivity contribution in [3.8, 4) is 5.69 Å². The van der Waals surface area contributed by atoms with E-state index in [1.54, 1.807) is 6.20 Å². The second kappa shape index (κ2) is 7.42. The van der Waals surface area contributed by atoms with Crippen LogP contribution in [0.2, 0.25) is 0 Å². The molecule has 0 saturated heterocycles. The van der Waals surface area contributed by atoms with Crippen molar-refractivity contribution in [1.82, 2.24) is 24.9 Å². The van der Waals surface area contributed by atoms with Gasteiger partial charge in [0.25, 0.3) is 0 Å². The van der Waals surface area contributed by atoms with Crippen molar-refractivity contribution in [3.05, 3.63) is 65.2 Å². The van der Waals surface area contributed by atoms with Gasteiger partial charge in [-0.25, -0.2) is 4.68 Å². The van der Waals surface area contributed by atoms with Gasteiger partial charge < -0.3 is 10.4 Å². The topological polar surface area (TPSA) is 67.9 Å². The van der Waals surface area contributed by atoms with Gasteiger partial charge in [-0.2, -0.15) is 10.2 Å². The molecule has 2 heterocycles. The Hall–Kier alpha value is -2.44. The second-order valence-corrected chi connectivity index (χ2v) is 5.82. The number of nitrogens with zero attached hydrogens (tertiary/aromatic N) is 4. The van der Waals surface area contributed by atoms with Crippen molar-refractivity contribution in [3.63, 3.8) is 0 Å².